The van der Waals surface area contributed by atoms with Crippen LogP contribution in [0.15, 0.2) is 40.9 Å². The van der Waals surface area contributed by atoms with Crippen molar-refractivity contribution >= 4 is 27.5 Å². The SMILES string of the molecule is CCOc1ccc(C(=O)Nc2c(C)cc(C)cc2Br)cc1. The van der Waals surface area contributed by atoms with Gasteiger partial charge in [0.15, 0.2) is 0 Å². The Morgan fingerprint density at radius 2 is 1.86 bits per heavy atom. The third kappa shape index (κ3) is 3.85. The first-order valence-electron chi connectivity index (χ1n) is 6.82. The summed E-state index contributed by atoms with van der Waals surface area (Å²) in [6.07, 6.45) is 0. The van der Waals surface area contributed by atoms with E-state index in [9.17, 15) is 4.79 Å². The zero-order valence-corrected chi connectivity index (χ0v) is 14.0. The van der Waals surface area contributed by atoms with E-state index in [-0.39, 0.29) is 5.91 Å². The molecule has 3 nitrogen and oxygen atoms in total. The molecular formula is C17H18BrNO2. The minimum absolute atomic E-state index is 0.134. The molecule has 0 heterocycles. The molecule has 0 spiro atoms. The van der Waals surface area contributed by atoms with Crippen LogP contribution < -0.4 is 10.1 Å². The van der Waals surface area contributed by atoms with Gasteiger partial charge in [0.1, 0.15) is 5.75 Å². The number of hydrogen-bond donors (Lipinski definition) is 1. The van der Waals surface area contributed by atoms with E-state index in [1.165, 1.54) is 0 Å². The summed E-state index contributed by atoms with van der Waals surface area (Å²) in [5, 5.41) is 2.95. The largest absolute Gasteiger partial charge is 0.494 e. The maximum absolute atomic E-state index is 12.3. The lowest BCUT2D eigenvalue weighted by atomic mass is 10.1. The van der Waals surface area contributed by atoms with Gasteiger partial charge < -0.3 is 10.1 Å². The van der Waals surface area contributed by atoms with E-state index in [1.807, 2.05) is 32.9 Å². The van der Waals surface area contributed by atoms with Gasteiger partial charge in [0, 0.05) is 10.0 Å². The van der Waals surface area contributed by atoms with Gasteiger partial charge in [-0.15, -0.1) is 0 Å². The molecular weight excluding hydrogens is 330 g/mol. The fraction of sp³-hybridized carbons (Fsp3) is 0.235. The maximum Gasteiger partial charge on any atom is 0.255 e. The molecule has 2 rings (SSSR count). The molecule has 0 unspecified atom stereocenters. The molecule has 110 valence electrons. The summed E-state index contributed by atoms with van der Waals surface area (Å²) in [4.78, 5) is 12.3. The predicted molar refractivity (Wildman–Crippen MR) is 89.2 cm³/mol. The van der Waals surface area contributed by atoms with Crippen molar-refractivity contribution in [3.05, 3.63) is 57.6 Å². The van der Waals surface area contributed by atoms with Crippen LogP contribution in [0.4, 0.5) is 5.69 Å². The Balaban J connectivity index is 2.18. The molecule has 2 aromatic rings. The van der Waals surface area contributed by atoms with Crippen LogP contribution in [-0.2, 0) is 0 Å². The van der Waals surface area contributed by atoms with E-state index in [0.29, 0.717) is 12.2 Å². The Labute approximate surface area is 133 Å². The lowest BCUT2D eigenvalue weighted by Gasteiger charge is -2.12. The highest BCUT2D eigenvalue weighted by Gasteiger charge is 2.11. The Morgan fingerprint density at radius 3 is 2.43 bits per heavy atom. The zero-order chi connectivity index (χ0) is 15.4. The van der Waals surface area contributed by atoms with Crippen LogP contribution in [0, 0.1) is 13.8 Å². The van der Waals surface area contributed by atoms with Crippen molar-refractivity contribution in [2.75, 3.05) is 11.9 Å². The van der Waals surface area contributed by atoms with Gasteiger partial charge in [0.05, 0.1) is 12.3 Å². The van der Waals surface area contributed by atoms with Crippen LogP contribution >= 0.6 is 15.9 Å². The minimum Gasteiger partial charge on any atom is -0.494 e. The highest BCUT2D eigenvalue weighted by atomic mass is 79.9. The topological polar surface area (TPSA) is 38.3 Å². The number of rotatable bonds is 4. The molecule has 0 aliphatic carbocycles. The number of halogens is 1. The Kier molecular flexibility index (Phi) is 5.02. The van der Waals surface area contributed by atoms with Gasteiger partial charge >= 0.3 is 0 Å². The summed E-state index contributed by atoms with van der Waals surface area (Å²) < 4.78 is 6.26. The van der Waals surface area contributed by atoms with E-state index in [0.717, 1.165) is 27.0 Å². The highest BCUT2D eigenvalue weighted by Crippen LogP contribution is 2.28. The molecule has 0 atom stereocenters. The highest BCUT2D eigenvalue weighted by molar-refractivity contribution is 9.10. The Hall–Kier alpha value is -1.81. The number of benzene rings is 2. The first-order chi connectivity index (χ1) is 10.0. The first kappa shape index (κ1) is 15.6. The van der Waals surface area contributed by atoms with Crippen molar-refractivity contribution in [2.24, 2.45) is 0 Å². The molecule has 2 aromatic carbocycles. The zero-order valence-electron chi connectivity index (χ0n) is 12.4. The van der Waals surface area contributed by atoms with Crippen molar-refractivity contribution in [3.63, 3.8) is 0 Å². The van der Waals surface area contributed by atoms with Crippen LogP contribution in [0.5, 0.6) is 5.75 Å². The lowest BCUT2D eigenvalue weighted by Crippen LogP contribution is -2.13. The van der Waals surface area contributed by atoms with E-state index >= 15 is 0 Å². The minimum atomic E-state index is -0.134. The lowest BCUT2D eigenvalue weighted by molar-refractivity contribution is 0.102. The number of carbonyl (C=O) groups is 1. The van der Waals surface area contributed by atoms with Crippen molar-refractivity contribution in [3.8, 4) is 5.75 Å². The Bertz CT molecular complexity index is 627. The molecule has 1 N–H and O–H groups in total. The second-order valence-corrected chi connectivity index (χ2v) is 5.70. The van der Waals surface area contributed by atoms with Gasteiger partial charge in [-0.05, 0) is 78.2 Å². The number of nitrogens with one attached hydrogen (secondary N) is 1. The smallest absolute Gasteiger partial charge is 0.255 e. The summed E-state index contributed by atoms with van der Waals surface area (Å²) >= 11 is 3.50. The van der Waals surface area contributed by atoms with Crippen molar-refractivity contribution in [1.29, 1.82) is 0 Å². The number of hydrogen-bond acceptors (Lipinski definition) is 2. The normalized spacial score (nSPS) is 10.3. The van der Waals surface area contributed by atoms with Crippen LogP contribution in [0.1, 0.15) is 28.4 Å². The van der Waals surface area contributed by atoms with Gasteiger partial charge in [-0.25, -0.2) is 0 Å². The van der Waals surface area contributed by atoms with E-state index < -0.39 is 0 Å². The third-order valence-corrected chi connectivity index (χ3v) is 3.72. The number of amides is 1. The fourth-order valence-electron chi connectivity index (χ4n) is 2.13. The van der Waals surface area contributed by atoms with Crippen LogP contribution in [0.3, 0.4) is 0 Å². The summed E-state index contributed by atoms with van der Waals surface area (Å²) in [5.41, 5.74) is 3.59. The van der Waals surface area contributed by atoms with Crippen molar-refractivity contribution < 1.29 is 9.53 Å². The summed E-state index contributed by atoms with van der Waals surface area (Å²) in [5.74, 6) is 0.632. The standard InChI is InChI=1S/C17H18BrNO2/c1-4-21-14-7-5-13(6-8-14)17(20)19-16-12(3)9-11(2)10-15(16)18/h5-10H,4H2,1-3H3,(H,19,20). The molecule has 0 saturated carbocycles. The fourth-order valence-corrected chi connectivity index (χ4v) is 2.90. The molecule has 0 aromatic heterocycles. The molecule has 0 aliphatic heterocycles. The molecule has 21 heavy (non-hydrogen) atoms. The predicted octanol–water partition coefficient (Wildman–Crippen LogP) is 4.72. The average molecular weight is 348 g/mol. The maximum atomic E-state index is 12.3. The van der Waals surface area contributed by atoms with E-state index in [4.69, 9.17) is 4.74 Å². The molecule has 0 saturated heterocycles. The number of ether oxygens (including phenoxy) is 1. The van der Waals surface area contributed by atoms with E-state index in [1.54, 1.807) is 24.3 Å². The third-order valence-electron chi connectivity index (χ3n) is 3.10. The van der Waals surface area contributed by atoms with Crippen molar-refractivity contribution in [2.45, 2.75) is 20.8 Å². The molecule has 1 amide bonds. The quantitative estimate of drug-likeness (QED) is 0.868. The van der Waals surface area contributed by atoms with Gasteiger partial charge in [-0.3, -0.25) is 4.79 Å². The van der Waals surface area contributed by atoms with Crippen molar-refractivity contribution in [1.82, 2.24) is 0 Å². The number of aryl methyl sites for hydroxylation is 2. The van der Waals surface area contributed by atoms with E-state index in [2.05, 4.69) is 21.2 Å². The van der Waals surface area contributed by atoms with Crippen LogP contribution in [-0.4, -0.2) is 12.5 Å². The summed E-state index contributed by atoms with van der Waals surface area (Å²) in [6.45, 7) is 6.54. The number of anilines is 1. The van der Waals surface area contributed by atoms with Crippen LogP contribution in [0.2, 0.25) is 0 Å². The first-order valence-corrected chi connectivity index (χ1v) is 7.61. The summed E-state index contributed by atoms with van der Waals surface area (Å²) in [6, 6.07) is 11.2. The van der Waals surface area contributed by atoms with Gasteiger partial charge in [-0.1, -0.05) is 6.07 Å². The molecule has 0 bridgehead atoms. The van der Waals surface area contributed by atoms with Gasteiger partial charge in [0.2, 0.25) is 0 Å². The molecule has 0 aliphatic rings. The molecule has 4 heteroatoms. The summed E-state index contributed by atoms with van der Waals surface area (Å²) in [7, 11) is 0. The molecule has 0 fully saturated rings. The van der Waals surface area contributed by atoms with Gasteiger partial charge in [-0.2, -0.15) is 0 Å². The Morgan fingerprint density at radius 1 is 1.19 bits per heavy atom. The molecule has 0 radical (unpaired) electrons. The second kappa shape index (κ2) is 6.76. The van der Waals surface area contributed by atoms with Crippen LogP contribution in [0.25, 0.3) is 0 Å². The average Bonchev–Trinajstić information content (AvgIpc) is 2.43. The second-order valence-electron chi connectivity index (χ2n) is 4.85. The number of carbonyl (C=O) groups excluding carboxylic acids is 1. The van der Waals surface area contributed by atoms with Gasteiger partial charge in [0.25, 0.3) is 5.91 Å². The monoisotopic (exact) mass is 347 g/mol.